The van der Waals surface area contributed by atoms with Crippen molar-refractivity contribution in [2.24, 2.45) is 7.05 Å². The summed E-state index contributed by atoms with van der Waals surface area (Å²) in [5, 5.41) is 11.4. The zero-order valence-corrected chi connectivity index (χ0v) is 24.0. The maximum absolute atomic E-state index is 14.8. The molecule has 3 aromatic carbocycles. The first-order valence-corrected chi connectivity index (χ1v) is 13.1. The normalized spacial score (nSPS) is 12.6. The van der Waals surface area contributed by atoms with Crippen molar-refractivity contribution in [2.75, 3.05) is 12.0 Å². The lowest BCUT2D eigenvalue weighted by Crippen LogP contribution is -2.25. The van der Waals surface area contributed by atoms with Crippen LogP contribution in [0.1, 0.15) is 53.1 Å². The summed E-state index contributed by atoms with van der Waals surface area (Å²) in [6, 6.07) is 6.17. The molecule has 0 amide bonds. The second kappa shape index (κ2) is 12.2. The van der Waals surface area contributed by atoms with E-state index in [1.54, 1.807) is 13.8 Å². The molecule has 4 rings (SSSR count). The maximum Gasteiger partial charge on any atom is 0.416 e. The largest absolute Gasteiger partial charge is 0.496 e. The summed E-state index contributed by atoms with van der Waals surface area (Å²) in [5.74, 6) is -1.26. The van der Waals surface area contributed by atoms with Crippen LogP contribution in [0.5, 0.6) is 5.75 Å². The van der Waals surface area contributed by atoms with E-state index in [2.05, 4.69) is 15.4 Å². The number of rotatable bonds is 8. The molecule has 0 aliphatic heterocycles. The number of nitrogens with zero attached hydrogens (tertiary/aromatic N) is 5. The molecular formula is C29H25F10N5O. The highest BCUT2D eigenvalue weighted by molar-refractivity contribution is 5.75. The molecule has 0 saturated carbocycles. The van der Waals surface area contributed by atoms with Gasteiger partial charge in [0.05, 0.1) is 30.8 Å². The van der Waals surface area contributed by atoms with Crippen molar-refractivity contribution in [2.45, 2.75) is 51.4 Å². The van der Waals surface area contributed by atoms with Gasteiger partial charge in [-0.15, -0.1) is 5.10 Å². The predicted octanol–water partition coefficient (Wildman–Crippen LogP) is 8.41. The van der Waals surface area contributed by atoms with E-state index in [0.29, 0.717) is 12.1 Å². The van der Waals surface area contributed by atoms with Gasteiger partial charge in [-0.05, 0) is 69.8 Å². The van der Waals surface area contributed by atoms with Crippen LogP contribution in [0, 0.1) is 5.82 Å². The number of hydrogen-bond donors (Lipinski definition) is 0. The smallest absolute Gasteiger partial charge is 0.416 e. The fourth-order valence-electron chi connectivity index (χ4n) is 4.69. The van der Waals surface area contributed by atoms with Gasteiger partial charge in [-0.1, -0.05) is 25.0 Å². The third-order valence-corrected chi connectivity index (χ3v) is 6.83. The Morgan fingerprint density at radius 1 is 0.778 bits per heavy atom. The summed E-state index contributed by atoms with van der Waals surface area (Å²) in [6.45, 7) is 2.18. The molecule has 0 spiro atoms. The Balaban J connectivity index is 1.92. The Morgan fingerprint density at radius 2 is 1.38 bits per heavy atom. The molecule has 0 aliphatic carbocycles. The van der Waals surface area contributed by atoms with Gasteiger partial charge >= 0.3 is 18.5 Å². The van der Waals surface area contributed by atoms with Crippen molar-refractivity contribution in [3.8, 4) is 16.9 Å². The van der Waals surface area contributed by atoms with Gasteiger partial charge in [0.2, 0.25) is 0 Å². The van der Waals surface area contributed by atoms with Crippen LogP contribution in [0.15, 0.2) is 48.5 Å². The Bertz CT molecular complexity index is 1640. The Kier molecular flexibility index (Phi) is 9.09. The summed E-state index contributed by atoms with van der Waals surface area (Å²) in [4.78, 5) is 2.04. The zero-order chi connectivity index (χ0) is 33.5. The molecule has 0 atom stereocenters. The van der Waals surface area contributed by atoms with Crippen LogP contribution in [0.2, 0.25) is 0 Å². The van der Waals surface area contributed by atoms with E-state index < -0.39 is 59.7 Å². The quantitative estimate of drug-likeness (QED) is 0.180. The molecule has 0 unspecified atom stereocenters. The number of tetrazole rings is 1. The lowest BCUT2D eigenvalue weighted by Gasteiger charge is -2.25. The minimum Gasteiger partial charge on any atom is -0.496 e. The van der Waals surface area contributed by atoms with Crippen LogP contribution in [-0.4, -0.2) is 27.3 Å². The zero-order valence-electron chi connectivity index (χ0n) is 24.0. The molecule has 0 aliphatic rings. The van der Waals surface area contributed by atoms with E-state index in [1.165, 1.54) is 20.2 Å². The molecule has 242 valence electrons. The first-order chi connectivity index (χ1) is 20.8. The van der Waals surface area contributed by atoms with E-state index in [-0.39, 0.29) is 45.9 Å². The van der Waals surface area contributed by atoms with Crippen molar-refractivity contribution in [3.05, 3.63) is 87.7 Å². The minimum atomic E-state index is -5.13. The van der Waals surface area contributed by atoms with Crippen molar-refractivity contribution >= 4 is 5.95 Å². The Labute approximate surface area is 250 Å². The second-order valence-corrected chi connectivity index (χ2v) is 10.4. The third-order valence-electron chi connectivity index (χ3n) is 6.83. The fourth-order valence-corrected chi connectivity index (χ4v) is 4.69. The number of methoxy groups -OCH3 is 1. The van der Waals surface area contributed by atoms with Crippen LogP contribution in [0.25, 0.3) is 11.1 Å². The molecular weight excluding hydrogens is 624 g/mol. The van der Waals surface area contributed by atoms with Gasteiger partial charge in [0.15, 0.2) is 0 Å². The van der Waals surface area contributed by atoms with Gasteiger partial charge in [0.1, 0.15) is 11.6 Å². The number of anilines is 1. The SMILES string of the molecule is COc1cc(F)c(C(C)C)cc1-c1ccc(C(F)(F)F)cc1CN(Cc1cc(C(F)(F)F)cc(C(F)(F)F)c1)c1nnn(C)n1. The van der Waals surface area contributed by atoms with Crippen LogP contribution in [-0.2, 0) is 38.7 Å². The number of ether oxygens (including phenoxy) is 1. The molecule has 1 heterocycles. The highest BCUT2D eigenvalue weighted by atomic mass is 19.4. The fraction of sp³-hybridized carbons (Fsp3) is 0.345. The highest BCUT2D eigenvalue weighted by Crippen LogP contribution is 2.41. The number of benzene rings is 3. The highest BCUT2D eigenvalue weighted by Gasteiger charge is 2.37. The number of aryl methyl sites for hydroxylation is 1. The topological polar surface area (TPSA) is 56.1 Å². The van der Waals surface area contributed by atoms with Gasteiger partial charge in [-0.3, -0.25) is 0 Å². The molecule has 0 saturated heterocycles. The van der Waals surface area contributed by atoms with Gasteiger partial charge in [-0.25, -0.2) is 4.39 Å². The minimum absolute atomic E-state index is 0.0187. The molecule has 0 N–H and O–H groups in total. The molecule has 4 aromatic rings. The number of halogens is 10. The Hall–Kier alpha value is -4.37. The van der Waals surface area contributed by atoms with E-state index >= 15 is 0 Å². The molecule has 6 nitrogen and oxygen atoms in total. The summed E-state index contributed by atoms with van der Waals surface area (Å²) in [7, 11) is 2.58. The van der Waals surface area contributed by atoms with Crippen LogP contribution in [0.4, 0.5) is 49.9 Å². The monoisotopic (exact) mass is 649 g/mol. The predicted molar refractivity (Wildman–Crippen MR) is 143 cm³/mol. The average Bonchev–Trinajstić information content (AvgIpc) is 3.37. The van der Waals surface area contributed by atoms with E-state index in [0.717, 1.165) is 34.0 Å². The van der Waals surface area contributed by atoms with Crippen LogP contribution in [0.3, 0.4) is 0 Å². The second-order valence-electron chi connectivity index (χ2n) is 10.4. The lowest BCUT2D eigenvalue weighted by molar-refractivity contribution is -0.143. The first kappa shape index (κ1) is 33.5. The summed E-state index contributed by atoms with van der Waals surface area (Å²) < 4.78 is 143. The van der Waals surface area contributed by atoms with E-state index in [9.17, 15) is 43.9 Å². The van der Waals surface area contributed by atoms with Gasteiger partial charge < -0.3 is 9.64 Å². The number of alkyl halides is 9. The first-order valence-electron chi connectivity index (χ1n) is 13.1. The number of hydrogen-bond acceptors (Lipinski definition) is 5. The molecule has 0 bridgehead atoms. The van der Waals surface area contributed by atoms with Gasteiger partial charge in [0, 0.05) is 24.7 Å². The van der Waals surface area contributed by atoms with Crippen LogP contribution < -0.4 is 9.64 Å². The molecule has 1 aromatic heterocycles. The van der Waals surface area contributed by atoms with Gasteiger partial charge in [-0.2, -0.15) is 44.3 Å². The Morgan fingerprint density at radius 3 is 1.87 bits per heavy atom. The molecule has 0 radical (unpaired) electrons. The maximum atomic E-state index is 14.8. The van der Waals surface area contributed by atoms with E-state index in [4.69, 9.17) is 4.74 Å². The van der Waals surface area contributed by atoms with Crippen LogP contribution >= 0.6 is 0 Å². The third kappa shape index (κ3) is 7.65. The average molecular weight is 650 g/mol. The van der Waals surface area contributed by atoms with Crippen molar-refractivity contribution in [1.82, 2.24) is 20.2 Å². The van der Waals surface area contributed by atoms with Crippen molar-refractivity contribution in [1.29, 1.82) is 0 Å². The van der Waals surface area contributed by atoms with Crippen molar-refractivity contribution < 1.29 is 48.6 Å². The summed E-state index contributed by atoms with van der Waals surface area (Å²) in [5.41, 5.74) is -4.22. The summed E-state index contributed by atoms with van der Waals surface area (Å²) >= 11 is 0. The molecule has 0 fully saturated rings. The van der Waals surface area contributed by atoms with Crippen molar-refractivity contribution in [3.63, 3.8) is 0 Å². The van der Waals surface area contributed by atoms with E-state index in [1.807, 2.05) is 0 Å². The van der Waals surface area contributed by atoms with Gasteiger partial charge in [0.25, 0.3) is 5.95 Å². The molecule has 16 heteroatoms. The number of aromatic nitrogens is 4. The lowest BCUT2D eigenvalue weighted by atomic mass is 9.92. The standard InChI is InChI=1S/C29H25F10N5O/c1-15(2)22-11-23(25(45-4)12-24(22)30)21-6-5-18(27(31,32)33)9-17(21)14-44(26-40-42-43(3)41-26)13-16-7-19(28(34,35)36)10-20(8-16)29(37,38)39/h5-12,15H,13-14H2,1-4H3. The molecule has 45 heavy (non-hydrogen) atoms. The summed E-state index contributed by atoms with van der Waals surface area (Å²) in [6.07, 6.45) is -15.1.